The van der Waals surface area contributed by atoms with Crippen LogP contribution in [0.1, 0.15) is 11.1 Å². The minimum absolute atomic E-state index is 0.233. The summed E-state index contributed by atoms with van der Waals surface area (Å²) in [4.78, 5) is 0. The van der Waals surface area contributed by atoms with Crippen LogP contribution in [-0.2, 0) is 13.2 Å². The predicted molar refractivity (Wildman–Crippen MR) is 103 cm³/mol. The van der Waals surface area contributed by atoms with Crippen LogP contribution in [0, 0.1) is 0 Å². The van der Waals surface area contributed by atoms with E-state index in [9.17, 15) is 5.11 Å². The highest BCUT2D eigenvalue weighted by Crippen LogP contribution is 2.35. The minimum atomic E-state index is 0.233. The number of anilines is 1. The van der Waals surface area contributed by atoms with Gasteiger partial charge in [-0.1, -0.05) is 53.5 Å². The van der Waals surface area contributed by atoms with Gasteiger partial charge in [-0.25, -0.2) is 0 Å². The number of halogens is 2. The quantitative estimate of drug-likeness (QED) is 0.529. The van der Waals surface area contributed by atoms with E-state index in [0.717, 1.165) is 16.8 Å². The highest BCUT2D eigenvalue weighted by atomic mass is 35.5. The average molecular weight is 374 g/mol. The van der Waals surface area contributed by atoms with Gasteiger partial charge in [-0.3, -0.25) is 0 Å². The summed E-state index contributed by atoms with van der Waals surface area (Å²) in [5.74, 6) is 0.720. The van der Waals surface area contributed by atoms with E-state index in [0.29, 0.717) is 28.9 Å². The maximum atomic E-state index is 9.30. The SMILES string of the molecule is Oc1ccc(NCc2cc(Cl)c(OCc3ccccc3)c(Cl)c2)cc1. The lowest BCUT2D eigenvalue weighted by Crippen LogP contribution is -2.01. The van der Waals surface area contributed by atoms with Crippen LogP contribution in [-0.4, -0.2) is 5.11 Å². The molecular formula is C20H17Cl2NO2. The molecule has 0 saturated carbocycles. The smallest absolute Gasteiger partial charge is 0.156 e. The van der Waals surface area contributed by atoms with Crippen molar-refractivity contribution in [1.29, 1.82) is 0 Å². The summed E-state index contributed by atoms with van der Waals surface area (Å²) in [5, 5.41) is 13.5. The molecule has 0 spiro atoms. The normalized spacial score (nSPS) is 10.5. The molecule has 0 aliphatic rings. The van der Waals surface area contributed by atoms with Crippen molar-refractivity contribution in [2.24, 2.45) is 0 Å². The topological polar surface area (TPSA) is 41.5 Å². The molecule has 0 aromatic heterocycles. The molecule has 0 heterocycles. The number of rotatable bonds is 6. The van der Waals surface area contributed by atoms with Crippen molar-refractivity contribution in [2.75, 3.05) is 5.32 Å². The fraction of sp³-hybridized carbons (Fsp3) is 0.100. The zero-order valence-electron chi connectivity index (χ0n) is 13.4. The summed E-state index contributed by atoms with van der Waals surface area (Å²) in [5.41, 5.74) is 2.89. The second kappa shape index (κ2) is 8.15. The Hall–Kier alpha value is -2.36. The molecule has 0 unspecified atom stereocenters. The van der Waals surface area contributed by atoms with Gasteiger partial charge in [0.05, 0.1) is 10.0 Å². The molecule has 0 aliphatic heterocycles. The molecule has 3 aromatic rings. The maximum absolute atomic E-state index is 9.30. The monoisotopic (exact) mass is 373 g/mol. The van der Waals surface area contributed by atoms with Crippen molar-refractivity contribution >= 4 is 28.9 Å². The fourth-order valence-electron chi connectivity index (χ4n) is 2.37. The van der Waals surface area contributed by atoms with Crippen molar-refractivity contribution in [3.05, 3.63) is 87.9 Å². The van der Waals surface area contributed by atoms with Crippen molar-refractivity contribution in [1.82, 2.24) is 0 Å². The number of phenolic OH excluding ortho intramolecular Hbond substituents is 1. The van der Waals surface area contributed by atoms with E-state index in [1.54, 1.807) is 24.3 Å². The largest absolute Gasteiger partial charge is 0.508 e. The lowest BCUT2D eigenvalue weighted by atomic mass is 10.2. The van der Waals surface area contributed by atoms with Crippen LogP contribution in [0.2, 0.25) is 10.0 Å². The van der Waals surface area contributed by atoms with Gasteiger partial charge in [0.25, 0.3) is 0 Å². The molecule has 0 amide bonds. The Kier molecular flexibility index (Phi) is 5.69. The van der Waals surface area contributed by atoms with Crippen LogP contribution in [0.3, 0.4) is 0 Å². The molecule has 128 valence electrons. The van der Waals surface area contributed by atoms with E-state index >= 15 is 0 Å². The van der Waals surface area contributed by atoms with Crippen molar-refractivity contribution < 1.29 is 9.84 Å². The van der Waals surface area contributed by atoms with Gasteiger partial charge in [-0.15, -0.1) is 0 Å². The molecule has 0 bridgehead atoms. The number of nitrogens with one attached hydrogen (secondary N) is 1. The lowest BCUT2D eigenvalue weighted by molar-refractivity contribution is 0.306. The fourth-order valence-corrected chi connectivity index (χ4v) is 3.01. The van der Waals surface area contributed by atoms with Gasteiger partial charge in [0.1, 0.15) is 12.4 Å². The van der Waals surface area contributed by atoms with E-state index in [1.807, 2.05) is 42.5 Å². The Labute approximate surface area is 156 Å². The van der Waals surface area contributed by atoms with E-state index in [4.69, 9.17) is 27.9 Å². The molecule has 0 radical (unpaired) electrons. The number of hydrogen-bond acceptors (Lipinski definition) is 3. The van der Waals surface area contributed by atoms with Crippen LogP contribution in [0.15, 0.2) is 66.7 Å². The molecular weight excluding hydrogens is 357 g/mol. The first-order valence-electron chi connectivity index (χ1n) is 7.79. The van der Waals surface area contributed by atoms with E-state index in [2.05, 4.69) is 5.32 Å². The lowest BCUT2D eigenvalue weighted by Gasteiger charge is -2.13. The standard InChI is InChI=1S/C20H17Cl2NO2/c21-18-10-15(12-23-16-6-8-17(24)9-7-16)11-19(22)20(18)25-13-14-4-2-1-3-5-14/h1-11,23-24H,12-13H2. The van der Waals surface area contributed by atoms with E-state index in [1.165, 1.54) is 0 Å². The van der Waals surface area contributed by atoms with Gasteiger partial charge >= 0.3 is 0 Å². The second-order valence-electron chi connectivity index (χ2n) is 5.56. The molecule has 0 fully saturated rings. The Balaban J connectivity index is 1.66. The summed E-state index contributed by atoms with van der Waals surface area (Å²) in [6, 6.07) is 20.4. The predicted octanol–water partition coefficient (Wildman–Crippen LogP) is 5.89. The average Bonchev–Trinajstić information content (AvgIpc) is 2.61. The third-order valence-electron chi connectivity index (χ3n) is 3.65. The first kappa shape index (κ1) is 17.5. The summed E-state index contributed by atoms with van der Waals surface area (Å²) in [7, 11) is 0. The highest BCUT2D eigenvalue weighted by Gasteiger charge is 2.10. The Morgan fingerprint density at radius 3 is 2.12 bits per heavy atom. The third-order valence-corrected chi connectivity index (χ3v) is 4.21. The molecule has 0 saturated heterocycles. The molecule has 25 heavy (non-hydrogen) atoms. The molecule has 5 heteroatoms. The maximum Gasteiger partial charge on any atom is 0.156 e. The zero-order valence-corrected chi connectivity index (χ0v) is 14.9. The van der Waals surface area contributed by atoms with Gasteiger partial charge in [-0.05, 0) is 47.5 Å². The van der Waals surface area contributed by atoms with Crippen molar-refractivity contribution in [2.45, 2.75) is 13.2 Å². The minimum Gasteiger partial charge on any atom is -0.508 e. The van der Waals surface area contributed by atoms with Crippen LogP contribution in [0.5, 0.6) is 11.5 Å². The van der Waals surface area contributed by atoms with Gasteiger partial charge < -0.3 is 15.2 Å². The van der Waals surface area contributed by atoms with Gasteiger partial charge in [0, 0.05) is 12.2 Å². The summed E-state index contributed by atoms with van der Waals surface area (Å²) in [6.45, 7) is 0.967. The number of ether oxygens (including phenoxy) is 1. The van der Waals surface area contributed by atoms with E-state index < -0.39 is 0 Å². The van der Waals surface area contributed by atoms with Crippen LogP contribution in [0.25, 0.3) is 0 Å². The first-order chi connectivity index (χ1) is 12.1. The first-order valence-corrected chi connectivity index (χ1v) is 8.55. The molecule has 2 N–H and O–H groups in total. The van der Waals surface area contributed by atoms with Crippen molar-refractivity contribution in [3.63, 3.8) is 0 Å². The summed E-state index contributed by atoms with van der Waals surface area (Å²) < 4.78 is 5.77. The van der Waals surface area contributed by atoms with Crippen LogP contribution < -0.4 is 10.1 Å². The summed E-state index contributed by atoms with van der Waals surface area (Å²) in [6.07, 6.45) is 0. The van der Waals surface area contributed by atoms with Gasteiger partial charge in [0.2, 0.25) is 0 Å². The third kappa shape index (κ3) is 4.81. The van der Waals surface area contributed by atoms with Crippen LogP contribution >= 0.6 is 23.2 Å². The Bertz CT molecular complexity index is 813. The zero-order chi connectivity index (χ0) is 17.6. The summed E-state index contributed by atoms with van der Waals surface area (Å²) >= 11 is 12.7. The molecule has 3 rings (SSSR count). The Morgan fingerprint density at radius 1 is 0.840 bits per heavy atom. The van der Waals surface area contributed by atoms with Gasteiger partial charge in [0.15, 0.2) is 5.75 Å². The molecule has 3 aromatic carbocycles. The van der Waals surface area contributed by atoms with E-state index in [-0.39, 0.29) is 5.75 Å². The highest BCUT2D eigenvalue weighted by molar-refractivity contribution is 6.37. The molecule has 3 nitrogen and oxygen atoms in total. The number of phenols is 1. The Morgan fingerprint density at radius 2 is 1.48 bits per heavy atom. The van der Waals surface area contributed by atoms with Crippen LogP contribution in [0.4, 0.5) is 5.69 Å². The van der Waals surface area contributed by atoms with Crippen molar-refractivity contribution in [3.8, 4) is 11.5 Å². The number of benzene rings is 3. The van der Waals surface area contributed by atoms with Gasteiger partial charge in [-0.2, -0.15) is 0 Å². The second-order valence-corrected chi connectivity index (χ2v) is 6.38. The number of aromatic hydroxyl groups is 1. The molecule has 0 atom stereocenters. The molecule has 0 aliphatic carbocycles. The number of hydrogen-bond donors (Lipinski definition) is 2.